The van der Waals surface area contributed by atoms with E-state index in [0.717, 1.165) is 23.4 Å². The number of hydrogen-bond donors (Lipinski definition) is 2. The lowest BCUT2D eigenvalue weighted by Gasteiger charge is -2.17. The van der Waals surface area contributed by atoms with Gasteiger partial charge in [0, 0.05) is 0 Å². The van der Waals surface area contributed by atoms with Gasteiger partial charge in [0.1, 0.15) is 11.6 Å². The highest BCUT2D eigenvalue weighted by Crippen LogP contribution is 2.18. The summed E-state index contributed by atoms with van der Waals surface area (Å²) in [7, 11) is 0. The fraction of sp³-hybridized carbons (Fsp3) is 0.200. The van der Waals surface area contributed by atoms with E-state index >= 15 is 0 Å². The van der Waals surface area contributed by atoms with E-state index in [1.807, 2.05) is 38.1 Å². The second-order valence-electron chi connectivity index (χ2n) is 4.64. The van der Waals surface area contributed by atoms with E-state index < -0.39 is 11.7 Å². The zero-order valence-corrected chi connectivity index (χ0v) is 11.4. The van der Waals surface area contributed by atoms with Crippen LogP contribution in [-0.2, 0) is 0 Å². The van der Waals surface area contributed by atoms with Gasteiger partial charge in [-0.05, 0) is 31.0 Å². The zero-order chi connectivity index (χ0) is 14.7. The molecule has 1 aromatic carbocycles. The number of anilines is 1. The van der Waals surface area contributed by atoms with Crippen molar-refractivity contribution in [2.75, 3.05) is 5.73 Å². The summed E-state index contributed by atoms with van der Waals surface area (Å²) in [6.45, 7) is 3.83. The van der Waals surface area contributed by atoms with Gasteiger partial charge in [0.25, 0.3) is 5.91 Å². The molecule has 20 heavy (non-hydrogen) atoms. The summed E-state index contributed by atoms with van der Waals surface area (Å²) in [4.78, 5) is 15.8. The second kappa shape index (κ2) is 5.69. The molecule has 0 saturated carbocycles. The molecule has 0 radical (unpaired) electrons. The Morgan fingerprint density at radius 3 is 2.80 bits per heavy atom. The van der Waals surface area contributed by atoms with Crippen molar-refractivity contribution < 1.29 is 9.18 Å². The molecule has 1 atom stereocenters. The molecule has 1 heterocycles. The molecule has 2 rings (SSSR count). The van der Waals surface area contributed by atoms with Gasteiger partial charge in [0.2, 0.25) is 0 Å². The Balaban J connectivity index is 2.20. The summed E-state index contributed by atoms with van der Waals surface area (Å²) in [5.41, 5.74) is 7.72. The van der Waals surface area contributed by atoms with Gasteiger partial charge in [0.15, 0.2) is 0 Å². The highest BCUT2D eigenvalue weighted by molar-refractivity contribution is 5.98. The smallest absolute Gasteiger partial charge is 0.255 e. The van der Waals surface area contributed by atoms with Crippen LogP contribution in [0.2, 0.25) is 0 Å². The number of amides is 1. The number of nitrogens with two attached hydrogens (primary N) is 1. The molecule has 1 aromatic heterocycles. The molecule has 0 spiro atoms. The molecule has 104 valence electrons. The normalized spacial score (nSPS) is 11.9. The number of rotatable bonds is 3. The molecule has 2 aromatic rings. The van der Waals surface area contributed by atoms with Crippen LogP contribution in [0.5, 0.6) is 0 Å². The van der Waals surface area contributed by atoms with Gasteiger partial charge in [-0.25, -0.2) is 9.37 Å². The molecule has 3 N–H and O–H groups in total. The number of nitrogens with one attached hydrogen (secondary N) is 1. The Labute approximate surface area is 116 Å². The van der Waals surface area contributed by atoms with Crippen LogP contribution in [0.25, 0.3) is 0 Å². The topological polar surface area (TPSA) is 68.0 Å². The lowest BCUT2D eigenvalue weighted by molar-refractivity contribution is 0.0940. The van der Waals surface area contributed by atoms with Crippen molar-refractivity contribution in [3.05, 3.63) is 59.0 Å². The maximum Gasteiger partial charge on any atom is 0.255 e. The van der Waals surface area contributed by atoms with Gasteiger partial charge in [-0.1, -0.05) is 24.3 Å². The molecule has 0 aliphatic rings. The van der Waals surface area contributed by atoms with Gasteiger partial charge >= 0.3 is 0 Å². The number of aryl methyl sites for hydroxylation is 1. The van der Waals surface area contributed by atoms with Crippen LogP contribution in [0, 0.1) is 12.7 Å². The number of nitrogen functional groups attached to an aromatic ring is 1. The van der Waals surface area contributed by atoms with E-state index in [1.54, 1.807) is 0 Å². The van der Waals surface area contributed by atoms with E-state index in [0.29, 0.717) is 0 Å². The van der Waals surface area contributed by atoms with Crippen LogP contribution < -0.4 is 11.1 Å². The van der Waals surface area contributed by atoms with Crippen LogP contribution in [0.15, 0.2) is 36.5 Å². The first kappa shape index (κ1) is 14.0. The van der Waals surface area contributed by atoms with Crippen LogP contribution in [0.3, 0.4) is 0 Å². The summed E-state index contributed by atoms with van der Waals surface area (Å²) < 4.78 is 13.1. The Morgan fingerprint density at radius 2 is 2.10 bits per heavy atom. The highest BCUT2D eigenvalue weighted by Gasteiger charge is 2.16. The van der Waals surface area contributed by atoms with Crippen molar-refractivity contribution in [3.63, 3.8) is 0 Å². The van der Waals surface area contributed by atoms with Gasteiger partial charge in [0.05, 0.1) is 17.8 Å². The van der Waals surface area contributed by atoms with Gasteiger partial charge in [-0.3, -0.25) is 4.79 Å². The minimum absolute atomic E-state index is 0.0147. The number of aromatic nitrogens is 1. The van der Waals surface area contributed by atoms with E-state index in [-0.39, 0.29) is 17.4 Å². The number of carbonyl (C=O) groups is 1. The van der Waals surface area contributed by atoms with Crippen molar-refractivity contribution in [3.8, 4) is 0 Å². The van der Waals surface area contributed by atoms with Gasteiger partial charge in [-0.15, -0.1) is 0 Å². The van der Waals surface area contributed by atoms with Crippen LogP contribution in [0.4, 0.5) is 10.2 Å². The molecule has 0 bridgehead atoms. The molecule has 1 amide bonds. The third-order valence-corrected chi connectivity index (χ3v) is 3.13. The van der Waals surface area contributed by atoms with E-state index in [1.165, 1.54) is 0 Å². The number of halogens is 1. The quantitative estimate of drug-likeness (QED) is 0.903. The summed E-state index contributed by atoms with van der Waals surface area (Å²) in [6.07, 6.45) is 0.983. The summed E-state index contributed by atoms with van der Waals surface area (Å²) in [5.74, 6) is -1.01. The molecule has 5 heteroatoms. The fourth-order valence-corrected chi connectivity index (χ4v) is 2.06. The fourth-order valence-electron chi connectivity index (χ4n) is 2.06. The molecule has 0 aliphatic heterocycles. The summed E-state index contributed by atoms with van der Waals surface area (Å²) in [6, 6.07) is 8.63. The van der Waals surface area contributed by atoms with Crippen LogP contribution >= 0.6 is 0 Å². The van der Waals surface area contributed by atoms with Crippen molar-refractivity contribution in [2.45, 2.75) is 19.9 Å². The molecular formula is C15H16FN3O. The van der Waals surface area contributed by atoms with Crippen molar-refractivity contribution in [1.29, 1.82) is 0 Å². The number of nitrogens with zero attached hydrogens (tertiary/aromatic N) is 1. The van der Waals surface area contributed by atoms with Crippen molar-refractivity contribution in [1.82, 2.24) is 10.3 Å². The second-order valence-corrected chi connectivity index (χ2v) is 4.64. The maximum absolute atomic E-state index is 13.1. The highest BCUT2D eigenvalue weighted by atomic mass is 19.1. The van der Waals surface area contributed by atoms with Gasteiger partial charge < -0.3 is 11.1 Å². The Hall–Kier alpha value is -2.43. The zero-order valence-electron chi connectivity index (χ0n) is 11.4. The lowest BCUT2D eigenvalue weighted by Crippen LogP contribution is -2.28. The standard InChI is InChI=1S/C15H16FN3O/c1-9-5-3-4-6-12(9)10(2)19-15(20)13-7-11(16)8-18-14(13)17/h3-8,10H,1-2H3,(H2,17,18)(H,19,20). The minimum atomic E-state index is -0.590. The van der Waals surface area contributed by atoms with E-state index in [9.17, 15) is 9.18 Å². The average molecular weight is 273 g/mol. The average Bonchev–Trinajstić information content (AvgIpc) is 2.41. The third kappa shape index (κ3) is 2.93. The molecule has 4 nitrogen and oxygen atoms in total. The predicted octanol–water partition coefficient (Wildman–Crippen LogP) is 2.60. The summed E-state index contributed by atoms with van der Waals surface area (Å²) >= 11 is 0. The Bertz CT molecular complexity index is 643. The Morgan fingerprint density at radius 1 is 1.40 bits per heavy atom. The molecular weight excluding hydrogens is 257 g/mol. The Kier molecular flexibility index (Phi) is 3.98. The molecule has 1 unspecified atom stereocenters. The van der Waals surface area contributed by atoms with Crippen LogP contribution in [-0.4, -0.2) is 10.9 Å². The van der Waals surface area contributed by atoms with Gasteiger partial charge in [-0.2, -0.15) is 0 Å². The van der Waals surface area contributed by atoms with Crippen molar-refractivity contribution >= 4 is 11.7 Å². The first-order valence-corrected chi connectivity index (χ1v) is 6.26. The minimum Gasteiger partial charge on any atom is -0.383 e. The van der Waals surface area contributed by atoms with E-state index in [4.69, 9.17) is 5.73 Å². The maximum atomic E-state index is 13.1. The number of hydrogen-bond acceptors (Lipinski definition) is 3. The monoisotopic (exact) mass is 273 g/mol. The first-order valence-electron chi connectivity index (χ1n) is 6.26. The third-order valence-electron chi connectivity index (χ3n) is 3.13. The van der Waals surface area contributed by atoms with E-state index in [2.05, 4.69) is 10.3 Å². The number of pyridine rings is 1. The molecule has 0 aliphatic carbocycles. The number of benzene rings is 1. The number of carbonyl (C=O) groups excluding carboxylic acids is 1. The van der Waals surface area contributed by atoms with Crippen LogP contribution in [0.1, 0.15) is 34.5 Å². The molecule has 0 saturated heterocycles. The predicted molar refractivity (Wildman–Crippen MR) is 75.7 cm³/mol. The molecule has 0 fully saturated rings. The summed E-state index contributed by atoms with van der Waals surface area (Å²) in [5, 5.41) is 2.80. The first-order chi connectivity index (χ1) is 9.49. The lowest BCUT2D eigenvalue weighted by atomic mass is 10.0. The van der Waals surface area contributed by atoms with Crippen molar-refractivity contribution in [2.24, 2.45) is 0 Å². The largest absolute Gasteiger partial charge is 0.383 e. The SMILES string of the molecule is Cc1ccccc1C(C)NC(=O)c1cc(F)cnc1N.